The third-order valence-electron chi connectivity index (χ3n) is 2.50. The average molecular weight is 238 g/mol. The number of aliphatic carboxylic acids is 1. The summed E-state index contributed by atoms with van der Waals surface area (Å²) < 4.78 is 4.99. The van der Waals surface area contributed by atoms with E-state index in [0.29, 0.717) is 11.3 Å². The largest absolute Gasteiger partial charge is 0.497 e. The Hall–Kier alpha value is -2.04. The first-order valence-corrected chi connectivity index (χ1v) is 5.08. The molecule has 0 aromatic heterocycles. The molecule has 1 rings (SSSR count). The van der Waals surface area contributed by atoms with Crippen LogP contribution in [0.3, 0.4) is 0 Å². The zero-order valence-electron chi connectivity index (χ0n) is 9.69. The van der Waals surface area contributed by atoms with Gasteiger partial charge in [0.05, 0.1) is 12.7 Å². The van der Waals surface area contributed by atoms with E-state index in [1.54, 1.807) is 13.0 Å². The van der Waals surface area contributed by atoms with Crippen molar-refractivity contribution in [3.05, 3.63) is 28.8 Å². The molecule has 0 bridgehead atoms. The predicted molar refractivity (Wildman–Crippen MR) is 60.6 cm³/mol. The molecule has 17 heavy (non-hydrogen) atoms. The molecule has 0 heterocycles. The Morgan fingerprint density at radius 1 is 1.29 bits per heavy atom. The van der Waals surface area contributed by atoms with Gasteiger partial charge < -0.3 is 14.9 Å². The predicted octanol–water partition coefficient (Wildman–Crippen LogP) is 1.72. The maximum atomic E-state index is 11.1. The van der Waals surface area contributed by atoms with Crippen molar-refractivity contribution < 1.29 is 24.5 Å². The Bertz CT molecular complexity index is 450. The van der Waals surface area contributed by atoms with E-state index in [1.165, 1.54) is 13.2 Å². The molecule has 5 heteroatoms. The maximum absolute atomic E-state index is 11.1. The van der Waals surface area contributed by atoms with Crippen LogP contribution in [0.4, 0.5) is 0 Å². The van der Waals surface area contributed by atoms with Crippen molar-refractivity contribution in [2.45, 2.75) is 19.8 Å². The molecule has 0 fully saturated rings. The SMILES string of the molecule is COc1cc(C)c(CCC(=O)O)c(C(=O)O)c1. The fourth-order valence-electron chi connectivity index (χ4n) is 1.66. The number of carboxylic acids is 2. The van der Waals surface area contributed by atoms with Crippen LogP contribution in [0.25, 0.3) is 0 Å². The first-order chi connectivity index (χ1) is 7.95. The van der Waals surface area contributed by atoms with Crippen molar-refractivity contribution in [1.82, 2.24) is 0 Å². The highest BCUT2D eigenvalue weighted by Gasteiger charge is 2.15. The second-order valence-electron chi connectivity index (χ2n) is 3.67. The molecule has 0 aliphatic rings. The monoisotopic (exact) mass is 238 g/mol. The maximum Gasteiger partial charge on any atom is 0.336 e. The number of rotatable bonds is 5. The number of aryl methyl sites for hydroxylation is 1. The van der Waals surface area contributed by atoms with Gasteiger partial charge in [0.2, 0.25) is 0 Å². The molecule has 1 aromatic carbocycles. The lowest BCUT2D eigenvalue weighted by molar-refractivity contribution is -0.136. The van der Waals surface area contributed by atoms with Crippen molar-refractivity contribution >= 4 is 11.9 Å². The smallest absolute Gasteiger partial charge is 0.336 e. The minimum atomic E-state index is -1.08. The van der Waals surface area contributed by atoms with Gasteiger partial charge in [0.25, 0.3) is 0 Å². The summed E-state index contributed by atoms with van der Waals surface area (Å²) in [5.74, 6) is -1.57. The third kappa shape index (κ3) is 3.21. The molecule has 1 aromatic rings. The summed E-state index contributed by atoms with van der Waals surface area (Å²) in [5, 5.41) is 17.7. The number of ether oxygens (including phenoxy) is 1. The lowest BCUT2D eigenvalue weighted by atomic mass is 9.97. The molecule has 0 aliphatic carbocycles. The highest BCUT2D eigenvalue weighted by atomic mass is 16.5. The molecule has 0 atom stereocenters. The van der Waals surface area contributed by atoms with Gasteiger partial charge in [-0.25, -0.2) is 4.79 Å². The number of carbonyl (C=O) groups is 2. The van der Waals surface area contributed by atoms with E-state index in [1.807, 2.05) is 0 Å². The summed E-state index contributed by atoms with van der Waals surface area (Å²) in [7, 11) is 1.46. The van der Waals surface area contributed by atoms with Crippen LogP contribution < -0.4 is 4.74 Å². The average Bonchev–Trinajstić information content (AvgIpc) is 2.25. The van der Waals surface area contributed by atoms with E-state index in [4.69, 9.17) is 14.9 Å². The van der Waals surface area contributed by atoms with Crippen LogP contribution in [0.5, 0.6) is 5.75 Å². The van der Waals surface area contributed by atoms with E-state index >= 15 is 0 Å². The van der Waals surface area contributed by atoms with E-state index in [2.05, 4.69) is 0 Å². The van der Waals surface area contributed by atoms with Crippen LogP contribution in [-0.4, -0.2) is 29.3 Å². The van der Waals surface area contributed by atoms with Gasteiger partial charge in [-0.2, -0.15) is 0 Å². The van der Waals surface area contributed by atoms with Crippen molar-refractivity contribution in [3.8, 4) is 5.75 Å². The number of carboxylic acid groups (broad SMARTS) is 2. The van der Waals surface area contributed by atoms with Gasteiger partial charge in [-0.1, -0.05) is 0 Å². The van der Waals surface area contributed by atoms with Crippen LogP contribution in [0.2, 0.25) is 0 Å². The molecule has 2 N–H and O–H groups in total. The molecule has 92 valence electrons. The quantitative estimate of drug-likeness (QED) is 0.815. The number of methoxy groups -OCH3 is 1. The molecule has 0 unspecified atom stereocenters. The third-order valence-corrected chi connectivity index (χ3v) is 2.50. The van der Waals surface area contributed by atoms with E-state index in [9.17, 15) is 9.59 Å². The highest BCUT2D eigenvalue weighted by molar-refractivity contribution is 5.90. The minimum Gasteiger partial charge on any atom is -0.497 e. The molecule has 0 amide bonds. The highest BCUT2D eigenvalue weighted by Crippen LogP contribution is 2.23. The fourth-order valence-corrected chi connectivity index (χ4v) is 1.66. The standard InChI is InChI=1S/C12H14O5/c1-7-5-8(17-2)6-10(12(15)16)9(7)3-4-11(13)14/h5-6H,3-4H2,1-2H3,(H,13,14)(H,15,16). The van der Waals surface area contributed by atoms with Crippen molar-refractivity contribution in [2.24, 2.45) is 0 Å². The number of aromatic carboxylic acids is 1. The molecular formula is C12H14O5. The van der Waals surface area contributed by atoms with Gasteiger partial charge in [0.15, 0.2) is 0 Å². The second-order valence-corrected chi connectivity index (χ2v) is 3.67. The van der Waals surface area contributed by atoms with Crippen LogP contribution in [0, 0.1) is 6.92 Å². The normalized spacial score (nSPS) is 10.0. The zero-order chi connectivity index (χ0) is 13.0. The van der Waals surface area contributed by atoms with Gasteiger partial charge in [0.1, 0.15) is 5.75 Å². The van der Waals surface area contributed by atoms with Crippen LogP contribution >= 0.6 is 0 Å². The molecular weight excluding hydrogens is 224 g/mol. The van der Waals surface area contributed by atoms with E-state index < -0.39 is 11.9 Å². The molecule has 0 spiro atoms. The lowest BCUT2D eigenvalue weighted by Crippen LogP contribution is -2.08. The lowest BCUT2D eigenvalue weighted by Gasteiger charge is -2.11. The Labute approximate surface area is 98.6 Å². The van der Waals surface area contributed by atoms with E-state index in [0.717, 1.165) is 5.56 Å². The van der Waals surface area contributed by atoms with Gasteiger partial charge >= 0.3 is 11.9 Å². The molecule has 0 aliphatic heterocycles. The molecule has 5 nitrogen and oxygen atoms in total. The first-order valence-electron chi connectivity index (χ1n) is 5.08. The summed E-state index contributed by atoms with van der Waals surface area (Å²) in [6, 6.07) is 3.11. The second kappa shape index (κ2) is 5.34. The van der Waals surface area contributed by atoms with Crippen LogP contribution in [0.1, 0.15) is 27.9 Å². The van der Waals surface area contributed by atoms with Gasteiger partial charge in [0, 0.05) is 6.42 Å². The summed E-state index contributed by atoms with van der Waals surface area (Å²) in [6.45, 7) is 1.74. The van der Waals surface area contributed by atoms with Crippen molar-refractivity contribution in [3.63, 3.8) is 0 Å². The number of hydrogen-bond acceptors (Lipinski definition) is 3. The van der Waals surface area contributed by atoms with Crippen molar-refractivity contribution in [2.75, 3.05) is 7.11 Å². The summed E-state index contributed by atoms with van der Waals surface area (Å²) in [6.07, 6.45) is 0.111. The molecule has 0 saturated heterocycles. The molecule has 0 saturated carbocycles. The Kier molecular flexibility index (Phi) is 4.09. The summed E-state index contributed by atoms with van der Waals surface area (Å²) in [5.41, 5.74) is 1.37. The Balaban J connectivity index is 3.17. The fraction of sp³-hybridized carbons (Fsp3) is 0.333. The van der Waals surface area contributed by atoms with Crippen LogP contribution in [-0.2, 0) is 11.2 Å². The van der Waals surface area contributed by atoms with Crippen LogP contribution in [0.15, 0.2) is 12.1 Å². The number of hydrogen-bond donors (Lipinski definition) is 2. The topological polar surface area (TPSA) is 83.8 Å². The summed E-state index contributed by atoms with van der Waals surface area (Å²) >= 11 is 0. The van der Waals surface area contributed by atoms with Gasteiger partial charge in [-0.05, 0) is 36.6 Å². The Morgan fingerprint density at radius 2 is 1.94 bits per heavy atom. The minimum absolute atomic E-state index is 0.0898. The van der Waals surface area contributed by atoms with Gasteiger partial charge in [-0.3, -0.25) is 4.79 Å². The first kappa shape index (κ1) is 13.0. The zero-order valence-corrected chi connectivity index (χ0v) is 9.69. The number of benzene rings is 1. The van der Waals surface area contributed by atoms with Gasteiger partial charge in [-0.15, -0.1) is 0 Å². The molecule has 0 radical (unpaired) electrons. The Morgan fingerprint density at radius 3 is 2.41 bits per heavy atom. The van der Waals surface area contributed by atoms with Crippen molar-refractivity contribution in [1.29, 1.82) is 0 Å². The summed E-state index contributed by atoms with van der Waals surface area (Å²) in [4.78, 5) is 21.6. The van der Waals surface area contributed by atoms with E-state index in [-0.39, 0.29) is 18.4 Å².